The summed E-state index contributed by atoms with van der Waals surface area (Å²) in [6, 6.07) is 0. The summed E-state index contributed by atoms with van der Waals surface area (Å²) in [5.41, 5.74) is 1.21. The van der Waals surface area contributed by atoms with Crippen LogP contribution in [0, 0.1) is 0 Å². The fourth-order valence-corrected chi connectivity index (χ4v) is 2.70. The van der Waals surface area contributed by atoms with E-state index in [0.717, 1.165) is 41.8 Å². The molecule has 0 unspecified atom stereocenters. The van der Waals surface area contributed by atoms with Crippen molar-refractivity contribution in [1.82, 2.24) is 14.7 Å². The highest BCUT2D eigenvalue weighted by Gasteiger charge is 2.03. The van der Waals surface area contributed by atoms with Gasteiger partial charge < -0.3 is 5.32 Å². The summed E-state index contributed by atoms with van der Waals surface area (Å²) in [4.78, 5) is 4.41. The molecule has 1 aromatic rings. The van der Waals surface area contributed by atoms with Crippen LogP contribution in [0.5, 0.6) is 0 Å². The van der Waals surface area contributed by atoms with Crippen molar-refractivity contribution < 1.29 is 0 Å². The van der Waals surface area contributed by atoms with Crippen LogP contribution < -0.4 is 5.32 Å². The van der Waals surface area contributed by atoms with Crippen molar-refractivity contribution in [1.29, 1.82) is 0 Å². The number of aryl methyl sites for hydroxylation is 1. The van der Waals surface area contributed by atoms with E-state index in [2.05, 4.69) is 35.1 Å². The van der Waals surface area contributed by atoms with Gasteiger partial charge >= 0.3 is 0 Å². The molecule has 0 amide bonds. The molecule has 1 N–H and O–H groups in total. The van der Waals surface area contributed by atoms with Crippen LogP contribution in [0.2, 0.25) is 0 Å². The van der Waals surface area contributed by atoms with E-state index in [1.165, 1.54) is 17.1 Å². The Kier molecular flexibility index (Phi) is 6.68. The molecule has 1 heterocycles. The van der Waals surface area contributed by atoms with Crippen molar-refractivity contribution in [3.05, 3.63) is 18.0 Å². The fraction of sp³-hybridized carbons (Fsp3) is 0.636. The van der Waals surface area contributed by atoms with Gasteiger partial charge in [0.2, 0.25) is 0 Å². The van der Waals surface area contributed by atoms with E-state index in [1.807, 2.05) is 0 Å². The van der Waals surface area contributed by atoms with Crippen LogP contribution in [0.1, 0.15) is 26.1 Å². The minimum Gasteiger partial charge on any atom is -0.313 e. The minimum atomic E-state index is 0.903. The predicted molar refractivity (Wildman–Crippen MR) is 72.3 cm³/mol. The molecule has 0 atom stereocenters. The molecule has 0 aromatic carbocycles. The molecule has 0 aliphatic rings. The van der Waals surface area contributed by atoms with Gasteiger partial charge in [-0.15, -0.1) is 0 Å². The van der Waals surface area contributed by atoms with E-state index < -0.39 is 0 Å². The number of rotatable bonds is 8. The largest absolute Gasteiger partial charge is 0.313 e. The molecule has 1 aromatic heterocycles. The molecule has 1 rings (SSSR count). The molecule has 16 heavy (non-hydrogen) atoms. The first kappa shape index (κ1) is 13.7. The lowest BCUT2D eigenvalue weighted by molar-refractivity contribution is 0.716. The topological polar surface area (TPSA) is 37.8 Å². The fourth-order valence-electron chi connectivity index (χ4n) is 1.10. The number of nitrogens with one attached hydrogen (secondary N) is 1. The third-order valence-electron chi connectivity index (χ3n) is 1.97. The smallest absolute Gasteiger partial charge is 0.170 e. The minimum absolute atomic E-state index is 0.903. The van der Waals surface area contributed by atoms with Crippen LogP contribution in [0.15, 0.2) is 16.5 Å². The molecule has 5 heteroatoms. The van der Waals surface area contributed by atoms with E-state index in [4.69, 9.17) is 0 Å². The normalized spacial score (nSPS) is 10.6. The van der Waals surface area contributed by atoms with Crippen LogP contribution >= 0.6 is 23.3 Å². The average Bonchev–Trinajstić information content (AvgIpc) is 2.74. The number of hydrogen-bond acceptors (Lipinski definition) is 5. The van der Waals surface area contributed by atoms with Gasteiger partial charge in [0.1, 0.15) is 5.82 Å². The lowest BCUT2D eigenvalue weighted by Gasteiger charge is -2.04. The summed E-state index contributed by atoms with van der Waals surface area (Å²) < 4.78 is 5.30. The molecule has 0 bridgehead atoms. The number of nitrogens with zero attached hydrogens (tertiary/aromatic N) is 2. The quantitative estimate of drug-likeness (QED) is 0.441. The van der Waals surface area contributed by atoms with Crippen LogP contribution in [-0.4, -0.2) is 28.2 Å². The first-order valence-electron chi connectivity index (χ1n) is 5.59. The molecule has 3 nitrogen and oxygen atoms in total. The highest BCUT2D eigenvalue weighted by molar-refractivity contribution is 8.01. The van der Waals surface area contributed by atoms with Crippen molar-refractivity contribution in [2.24, 2.45) is 0 Å². The van der Waals surface area contributed by atoms with E-state index in [1.54, 1.807) is 11.8 Å². The Balaban J connectivity index is 2.20. The molecule has 0 saturated heterocycles. The molecule has 0 aliphatic heterocycles. The molecule has 0 radical (unpaired) electrons. The molecular weight excluding hydrogens is 238 g/mol. The van der Waals surface area contributed by atoms with Gasteiger partial charge in [-0.05, 0) is 24.5 Å². The molecule has 90 valence electrons. The summed E-state index contributed by atoms with van der Waals surface area (Å²) in [6.45, 7) is 10.2. The summed E-state index contributed by atoms with van der Waals surface area (Å²) in [5.74, 6) is 1.87. The van der Waals surface area contributed by atoms with Crippen molar-refractivity contribution in [2.75, 3.05) is 18.8 Å². The highest BCUT2D eigenvalue weighted by atomic mass is 32.2. The second kappa shape index (κ2) is 7.81. The second-order valence-corrected chi connectivity index (χ2v) is 5.52. The molecule has 0 spiro atoms. The maximum absolute atomic E-state index is 4.41. The number of hydrogen-bond donors (Lipinski definition) is 1. The van der Waals surface area contributed by atoms with Crippen LogP contribution in [0.3, 0.4) is 0 Å². The Labute approximate surface area is 106 Å². The summed E-state index contributed by atoms with van der Waals surface area (Å²) in [7, 11) is 0. The van der Waals surface area contributed by atoms with Gasteiger partial charge in [0.25, 0.3) is 0 Å². The second-order valence-electron chi connectivity index (χ2n) is 3.55. The van der Waals surface area contributed by atoms with Gasteiger partial charge in [0.05, 0.1) is 0 Å². The van der Waals surface area contributed by atoms with E-state index in [0.29, 0.717) is 0 Å². The van der Waals surface area contributed by atoms with Crippen molar-refractivity contribution in [3.63, 3.8) is 0 Å². The summed E-state index contributed by atoms with van der Waals surface area (Å²) in [6.07, 6.45) is 2.08. The maximum atomic E-state index is 4.41. The average molecular weight is 257 g/mol. The van der Waals surface area contributed by atoms with Crippen LogP contribution in [0.4, 0.5) is 0 Å². The SMILES string of the molecule is C=C(CNCCC)CSc1nc(CC)ns1. The van der Waals surface area contributed by atoms with Crippen molar-refractivity contribution >= 4 is 23.3 Å². The number of thioether (sulfide) groups is 1. The van der Waals surface area contributed by atoms with Gasteiger partial charge in [-0.1, -0.05) is 37.8 Å². The molecule has 0 fully saturated rings. The Hall–Kier alpha value is -0.390. The van der Waals surface area contributed by atoms with E-state index in [-0.39, 0.29) is 0 Å². The van der Waals surface area contributed by atoms with E-state index in [9.17, 15) is 0 Å². The van der Waals surface area contributed by atoms with Crippen LogP contribution in [-0.2, 0) is 6.42 Å². The first-order chi connectivity index (χ1) is 7.76. The molecule has 0 saturated carbocycles. The summed E-state index contributed by atoms with van der Waals surface area (Å²) in [5, 5.41) is 3.34. The zero-order valence-corrected chi connectivity index (χ0v) is 11.6. The Morgan fingerprint density at radius 3 is 2.94 bits per heavy atom. The third-order valence-corrected chi connectivity index (χ3v) is 3.98. The van der Waals surface area contributed by atoms with Crippen molar-refractivity contribution in [3.8, 4) is 0 Å². The third kappa shape index (κ3) is 5.09. The molecular formula is C11H19N3S2. The standard InChI is InChI=1S/C11H19N3S2/c1-4-6-12-7-9(3)8-15-11-13-10(5-2)14-16-11/h12H,3-8H2,1-2H3. The Morgan fingerprint density at radius 1 is 1.50 bits per heavy atom. The highest BCUT2D eigenvalue weighted by Crippen LogP contribution is 2.21. The van der Waals surface area contributed by atoms with Crippen LogP contribution in [0.25, 0.3) is 0 Å². The lowest BCUT2D eigenvalue weighted by atomic mass is 10.3. The number of aromatic nitrogens is 2. The maximum Gasteiger partial charge on any atom is 0.170 e. The van der Waals surface area contributed by atoms with Gasteiger partial charge in [0.15, 0.2) is 4.34 Å². The van der Waals surface area contributed by atoms with E-state index >= 15 is 0 Å². The lowest BCUT2D eigenvalue weighted by Crippen LogP contribution is -2.18. The zero-order valence-electron chi connectivity index (χ0n) is 9.95. The Bertz CT molecular complexity index is 323. The zero-order chi connectivity index (χ0) is 11.8. The van der Waals surface area contributed by atoms with Gasteiger partial charge in [-0.25, -0.2) is 4.98 Å². The molecule has 0 aliphatic carbocycles. The predicted octanol–water partition coefficient (Wildman–Crippen LogP) is 2.75. The summed E-state index contributed by atoms with van der Waals surface area (Å²) >= 11 is 3.21. The monoisotopic (exact) mass is 257 g/mol. The van der Waals surface area contributed by atoms with Gasteiger partial charge in [0, 0.05) is 18.7 Å². The van der Waals surface area contributed by atoms with Gasteiger partial charge in [-0.2, -0.15) is 4.37 Å². The van der Waals surface area contributed by atoms with Crippen molar-refractivity contribution in [2.45, 2.75) is 31.0 Å². The first-order valence-corrected chi connectivity index (χ1v) is 7.34. The van der Waals surface area contributed by atoms with Gasteiger partial charge in [-0.3, -0.25) is 0 Å². The Morgan fingerprint density at radius 2 is 2.31 bits per heavy atom.